The maximum absolute atomic E-state index is 5.92. The van der Waals surface area contributed by atoms with Gasteiger partial charge < -0.3 is 10.5 Å². The highest BCUT2D eigenvalue weighted by molar-refractivity contribution is 5.32. The normalized spacial score (nSPS) is 11.6. The van der Waals surface area contributed by atoms with Crippen molar-refractivity contribution in [2.24, 2.45) is 11.1 Å². The van der Waals surface area contributed by atoms with E-state index in [4.69, 9.17) is 10.5 Å². The summed E-state index contributed by atoms with van der Waals surface area (Å²) in [7, 11) is 0. The van der Waals surface area contributed by atoms with Gasteiger partial charge in [0.05, 0.1) is 6.61 Å². The number of aryl methyl sites for hydroxylation is 2. The van der Waals surface area contributed by atoms with Gasteiger partial charge in [0.25, 0.3) is 0 Å². The van der Waals surface area contributed by atoms with Gasteiger partial charge in [-0.25, -0.2) is 0 Å². The van der Waals surface area contributed by atoms with Crippen LogP contribution in [0.15, 0.2) is 18.2 Å². The zero-order valence-electron chi connectivity index (χ0n) is 13.0. The molecule has 2 heteroatoms. The maximum atomic E-state index is 5.92. The Hall–Kier alpha value is -1.02. The quantitative estimate of drug-likeness (QED) is 0.712. The van der Waals surface area contributed by atoms with E-state index >= 15 is 0 Å². The van der Waals surface area contributed by atoms with E-state index in [1.807, 2.05) is 0 Å². The Balaban J connectivity index is 2.42. The third kappa shape index (κ3) is 4.87. The number of nitrogens with two attached hydrogens (primary N) is 1. The molecule has 0 aliphatic heterocycles. The maximum Gasteiger partial charge on any atom is 0.119 e. The van der Waals surface area contributed by atoms with Crippen molar-refractivity contribution in [2.45, 2.75) is 53.4 Å². The van der Waals surface area contributed by atoms with Crippen LogP contribution in [0.1, 0.15) is 50.7 Å². The molecule has 0 aliphatic carbocycles. The number of hydrogen-bond donors (Lipinski definition) is 1. The van der Waals surface area contributed by atoms with Crippen molar-refractivity contribution in [3.8, 4) is 5.75 Å². The van der Waals surface area contributed by atoms with E-state index in [2.05, 4.69) is 45.9 Å². The van der Waals surface area contributed by atoms with Gasteiger partial charge >= 0.3 is 0 Å². The van der Waals surface area contributed by atoms with Gasteiger partial charge in [-0.15, -0.1) is 0 Å². The van der Waals surface area contributed by atoms with Crippen LogP contribution in [0, 0.1) is 19.3 Å². The molecule has 0 amide bonds. The molecule has 0 heterocycles. The van der Waals surface area contributed by atoms with Gasteiger partial charge in [-0.1, -0.05) is 19.9 Å². The Morgan fingerprint density at radius 1 is 1.05 bits per heavy atom. The zero-order chi connectivity index (χ0) is 14.3. The summed E-state index contributed by atoms with van der Waals surface area (Å²) in [6.07, 6.45) is 4.54. The Kier molecular flexibility index (Phi) is 6.36. The molecular formula is C17H29NO. The summed E-state index contributed by atoms with van der Waals surface area (Å²) < 4.78 is 5.86. The third-order valence-electron chi connectivity index (χ3n) is 4.25. The predicted octanol–water partition coefficient (Wildman–Crippen LogP) is 4.23. The summed E-state index contributed by atoms with van der Waals surface area (Å²) in [6.45, 7) is 10.2. The molecule has 0 saturated heterocycles. The molecule has 0 radical (unpaired) electrons. The van der Waals surface area contributed by atoms with Crippen molar-refractivity contribution in [2.75, 3.05) is 13.2 Å². The molecule has 0 spiro atoms. The zero-order valence-corrected chi connectivity index (χ0v) is 13.0. The van der Waals surface area contributed by atoms with E-state index in [1.165, 1.54) is 11.1 Å². The molecule has 0 aliphatic rings. The molecule has 2 N–H and O–H groups in total. The van der Waals surface area contributed by atoms with Crippen molar-refractivity contribution in [1.82, 2.24) is 0 Å². The van der Waals surface area contributed by atoms with Gasteiger partial charge in [0, 0.05) is 0 Å². The van der Waals surface area contributed by atoms with Crippen molar-refractivity contribution in [1.29, 1.82) is 0 Å². The van der Waals surface area contributed by atoms with Crippen molar-refractivity contribution >= 4 is 0 Å². The van der Waals surface area contributed by atoms with Gasteiger partial charge in [-0.2, -0.15) is 0 Å². The standard InChI is InChI=1S/C17H29NO/c1-5-17(6-2,13-18)8-7-9-19-16-11-14(3)10-15(4)12-16/h10-12H,5-9,13,18H2,1-4H3. The first kappa shape index (κ1) is 16.0. The highest BCUT2D eigenvalue weighted by Crippen LogP contribution is 2.30. The third-order valence-corrected chi connectivity index (χ3v) is 4.25. The Morgan fingerprint density at radius 3 is 2.11 bits per heavy atom. The SMILES string of the molecule is CCC(CC)(CN)CCCOc1cc(C)cc(C)c1. The lowest BCUT2D eigenvalue weighted by molar-refractivity contribution is 0.213. The number of ether oxygens (including phenoxy) is 1. The molecule has 19 heavy (non-hydrogen) atoms. The first-order chi connectivity index (χ1) is 9.05. The van der Waals surface area contributed by atoms with Crippen LogP contribution in [0.25, 0.3) is 0 Å². The predicted molar refractivity (Wildman–Crippen MR) is 82.7 cm³/mol. The molecular weight excluding hydrogens is 234 g/mol. The van der Waals surface area contributed by atoms with Crippen LogP contribution < -0.4 is 10.5 Å². The molecule has 1 aromatic rings. The molecule has 0 bridgehead atoms. The Morgan fingerprint density at radius 2 is 1.63 bits per heavy atom. The average molecular weight is 263 g/mol. The number of rotatable bonds is 8. The molecule has 2 nitrogen and oxygen atoms in total. The highest BCUT2D eigenvalue weighted by atomic mass is 16.5. The first-order valence-corrected chi connectivity index (χ1v) is 7.46. The Bertz CT molecular complexity index is 354. The van der Waals surface area contributed by atoms with Gasteiger partial charge in [-0.3, -0.25) is 0 Å². The van der Waals surface area contributed by atoms with E-state index in [1.54, 1.807) is 0 Å². The van der Waals surface area contributed by atoms with E-state index in [9.17, 15) is 0 Å². The molecule has 0 unspecified atom stereocenters. The van der Waals surface area contributed by atoms with E-state index < -0.39 is 0 Å². The topological polar surface area (TPSA) is 35.2 Å². The molecule has 0 saturated carbocycles. The fourth-order valence-corrected chi connectivity index (χ4v) is 2.65. The summed E-state index contributed by atoms with van der Waals surface area (Å²) in [5.41, 5.74) is 8.75. The van der Waals surface area contributed by atoms with Crippen LogP contribution in [0.2, 0.25) is 0 Å². The smallest absolute Gasteiger partial charge is 0.119 e. The van der Waals surface area contributed by atoms with Crippen LogP contribution in [0.3, 0.4) is 0 Å². The highest BCUT2D eigenvalue weighted by Gasteiger charge is 2.23. The minimum Gasteiger partial charge on any atom is -0.494 e. The molecule has 0 fully saturated rings. The van der Waals surface area contributed by atoms with Gasteiger partial charge in [-0.05, 0) is 74.8 Å². The lowest BCUT2D eigenvalue weighted by atomic mass is 9.78. The van der Waals surface area contributed by atoms with Crippen LogP contribution in [-0.4, -0.2) is 13.2 Å². The molecule has 108 valence electrons. The molecule has 1 rings (SSSR count). The van der Waals surface area contributed by atoms with Crippen LogP contribution in [0.5, 0.6) is 5.75 Å². The number of benzene rings is 1. The van der Waals surface area contributed by atoms with E-state index in [-0.39, 0.29) is 0 Å². The lowest BCUT2D eigenvalue weighted by Gasteiger charge is -2.30. The van der Waals surface area contributed by atoms with Gasteiger partial charge in [0.1, 0.15) is 5.75 Å². The summed E-state index contributed by atoms with van der Waals surface area (Å²) in [4.78, 5) is 0. The van der Waals surface area contributed by atoms with Gasteiger partial charge in [0.15, 0.2) is 0 Å². The molecule has 0 aromatic heterocycles. The summed E-state index contributed by atoms with van der Waals surface area (Å²) in [5, 5.41) is 0. The second kappa shape index (κ2) is 7.54. The first-order valence-electron chi connectivity index (χ1n) is 7.46. The average Bonchev–Trinajstić information content (AvgIpc) is 2.39. The number of hydrogen-bond acceptors (Lipinski definition) is 2. The van der Waals surface area contributed by atoms with Crippen molar-refractivity contribution in [3.05, 3.63) is 29.3 Å². The van der Waals surface area contributed by atoms with Crippen LogP contribution in [-0.2, 0) is 0 Å². The lowest BCUT2D eigenvalue weighted by Crippen LogP contribution is -2.29. The largest absolute Gasteiger partial charge is 0.494 e. The summed E-state index contributed by atoms with van der Waals surface area (Å²) >= 11 is 0. The minimum absolute atomic E-state index is 0.311. The van der Waals surface area contributed by atoms with Crippen LogP contribution in [0.4, 0.5) is 0 Å². The van der Waals surface area contributed by atoms with E-state index in [0.717, 1.165) is 44.6 Å². The van der Waals surface area contributed by atoms with Crippen molar-refractivity contribution in [3.63, 3.8) is 0 Å². The van der Waals surface area contributed by atoms with Gasteiger partial charge in [0.2, 0.25) is 0 Å². The Labute approximate surface area is 118 Å². The second-order valence-electron chi connectivity index (χ2n) is 5.69. The molecule has 1 aromatic carbocycles. The fourth-order valence-electron chi connectivity index (χ4n) is 2.65. The second-order valence-corrected chi connectivity index (χ2v) is 5.69. The summed E-state index contributed by atoms with van der Waals surface area (Å²) in [6, 6.07) is 6.37. The van der Waals surface area contributed by atoms with E-state index in [0.29, 0.717) is 5.41 Å². The summed E-state index contributed by atoms with van der Waals surface area (Å²) in [5.74, 6) is 0.990. The monoisotopic (exact) mass is 263 g/mol. The van der Waals surface area contributed by atoms with Crippen molar-refractivity contribution < 1.29 is 4.74 Å². The fraction of sp³-hybridized carbons (Fsp3) is 0.647. The minimum atomic E-state index is 0.311. The van der Waals surface area contributed by atoms with Crippen LogP contribution >= 0.6 is 0 Å². The molecule has 0 atom stereocenters.